The number of allylic oxidation sites excluding steroid dienone is 1. The van der Waals surface area contributed by atoms with Crippen LogP contribution >= 0.6 is 0 Å². The van der Waals surface area contributed by atoms with Crippen LogP contribution in [0, 0.1) is 0 Å². The Labute approximate surface area is 197 Å². The quantitative estimate of drug-likeness (QED) is 0.224. The molecule has 2 aromatic carbocycles. The fourth-order valence-electron chi connectivity index (χ4n) is 3.72. The van der Waals surface area contributed by atoms with Crippen LogP contribution < -0.4 is 14.8 Å². The number of carbonyl (C=O) groups excluding carboxylic acids is 2. The van der Waals surface area contributed by atoms with Crippen molar-refractivity contribution in [3.05, 3.63) is 103 Å². The third-order valence-electron chi connectivity index (χ3n) is 5.43. The zero-order chi connectivity index (χ0) is 23.9. The average Bonchev–Trinajstić information content (AvgIpc) is 3.28. The van der Waals surface area contributed by atoms with Crippen LogP contribution in [0.3, 0.4) is 0 Å². The van der Waals surface area contributed by atoms with Crippen molar-refractivity contribution in [3.8, 4) is 11.5 Å². The summed E-state index contributed by atoms with van der Waals surface area (Å²) in [6.45, 7) is 3.74. The van der Waals surface area contributed by atoms with Crippen LogP contribution in [0.4, 0.5) is 0 Å². The molecule has 2 heterocycles. The number of hydrogen-bond donors (Lipinski definition) is 2. The van der Waals surface area contributed by atoms with Crippen LogP contribution in [0.1, 0.15) is 21.5 Å². The number of amides is 1. The highest BCUT2D eigenvalue weighted by atomic mass is 16.6. The number of carbonyl (C=O) groups is 2. The predicted octanol–water partition coefficient (Wildman–Crippen LogP) is 4.25. The number of fused-ring (bicyclic) bond motifs is 1. The molecule has 0 radical (unpaired) electrons. The summed E-state index contributed by atoms with van der Waals surface area (Å²) in [5.74, 6) is -0.308. The van der Waals surface area contributed by atoms with Crippen molar-refractivity contribution >= 4 is 22.8 Å². The molecule has 0 aliphatic heterocycles. The van der Waals surface area contributed by atoms with Gasteiger partial charge < -0.3 is 19.8 Å². The average molecular weight is 456 g/mol. The Morgan fingerprint density at radius 3 is 2.76 bits per heavy atom. The first-order valence-electron chi connectivity index (χ1n) is 10.8. The van der Waals surface area contributed by atoms with Gasteiger partial charge in [-0.1, -0.05) is 30.3 Å². The van der Waals surface area contributed by atoms with Gasteiger partial charge >= 0.3 is 5.97 Å². The van der Waals surface area contributed by atoms with Crippen LogP contribution in [-0.4, -0.2) is 35.0 Å². The van der Waals surface area contributed by atoms with E-state index >= 15 is 0 Å². The van der Waals surface area contributed by atoms with Gasteiger partial charge in [0.25, 0.3) is 5.91 Å². The number of hydrogen-bond acceptors (Lipinski definition) is 5. The normalized spacial score (nSPS) is 11.6. The van der Waals surface area contributed by atoms with Crippen molar-refractivity contribution in [1.29, 1.82) is 0 Å². The number of methoxy groups -OCH3 is 1. The zero-order valence-corrected chi connectivity index (χ0v) is 18.8. The van der Waals surface area contributed by atoms with E-state index in [2.05, 4.69) is 21.9 Å². The molecule has 0 spiro atoms. The van der Waals surface area contributed by atoms with Gasteiger partial charge in [0.2, 0.25) is 0 Å². The summed E-state index contributed by atoms with van der Waals surface area (Å²) in [7, 11) is 1.51. The van der Waals surface area contributed by atoms with Gasteiger partial charge in [0.15, 0.2) is 11.5 Å². The zero-order valence-electron chi connectivity index (χ0n) is 18.8. The molecule has 0 aliphatic rings. The van der Waals surface area contributed by atoms with E-state index < -0.39 is 17.9 Å². The fraction of sp³-hybridized carbons (Fsp3) is 0.148. The Morgan fingerprint density at radius 2 is 2.00 bits per heavy atom. The maximum absolute atomic E-state index is 13.3. The second-order valence-electron chi connectivity index (χ2n) is 7.73. The maximum atomic E-state index is 13.3. The molecule has 0 fully saturated rings. The number of rotatable bonds is 9. The minimum atomic E-state index is -0.940. The fourth-order valence-corrected chi connectivity index (χ4v) is 3.72. The lowest BCUT2D eigenvalue weighted by Crippen LogP contribution is -2.44. The standard InChI is InChI=1S/C27H25N3O4/c1-3-7-18-11-12-24(25(14-18)33-2)34-27(32)23(30-26(31)19-8-6-13-28-16-19)15-20-17-29-22-10-5-4-9-21(20)22/h3-6,8-14,16-17,23,29H,1,7,15H2,2H3,(H,30,31). The molecular formula is C27H25N3O4. The molecule has 34 heavy (non-hydrogen) atoms. The molecule has 2 N–H and O–H groups in total. The molecule has 1 atom stereocenters. The summed E-state index contributed by atoms with van der Waals surface area (Å²) in [6.07, 6.45) is 7.56. The molecule has 1 amide bonds. The van der Waals surface area contributed by atoms with Crippen LogP contribution in [0.25, 0.3) is 10.9 Å². The predicted molar refractivity (Wildman–Crippen MR) is 130 cm³/mol. The molecule has 0 saturated heterocycles. The van der Waals surface area contributed by atoms with E-state index in [1.54, 1.807) is 36.5 Å². The van der Waals surface area contributed by atoms with E-state index in [0.29, 0.717) is 17.7 Å². The summed E-state index contributed by atoms with van der Waals surface area (Å²) >= 11 is 0. The monoisotopic (exact) mass is 455 g/mol. The van der Waals surface area contributed by atoms with Crippen LogP contribution in [0.5, 0.6) is 11.5 Å². The van der Waals surface area contributed by atoms with Crippen LogP contribution in [0.2, 0.25) is 0 Å². The molecule has 172 valence electrons. The molecule has 4 rings (SSSR count). The molecule has 2 aromatic heterocycles. The lowest BCUT2D eigenvalue weighted by Gasteiger charge is -2.18. The summed E-state index contributed by atoms with van der Waals surface area (Å²) in [5.41, 5.74) is 3.16. The minimum absolute atomic E-state index is 0.242. The van der Waals surface area contributed by atoms with Gasteiger partial charge in [0.1, 0.15) is 6.04 Å². The van der Waals surface area contributed by atoms with E-state index in [4.69, 9.17) is 9.47 Å². The Balaban J connectivity index is 1.61. The lowest BCUT2D eigenvalue weighted by atomic mass is 10.0. The topological polar surface area (TPSA) is 93.3 Å². The van der Waals surface area contributed by atoms with Crippen molar-refractivity contribution in [3.63, 3.8) is 0 Å². The number of ether oxygens (including phenoxy) is 2. The Bertz CT molecular complexity index is 1310. The van der Waals surface area contributed by atoms with Gasteiger partial charge in [-0.3, -0.25) is 9.78 Å². The molecule has 0 aliphatic carbocycles. The number of esters is 1. The van der Waals surface area contributed by atoms with Crippen molar-refractivity contribution in [2.75, 3.05) is 7.11 Å². The SMILES string of the molecule is C=CCc1ccc(OC(=O)C(Cc2c[nH]c3ccccc23)NC(=O)c2cccnc2)c(OC)c1. The second-order valence-corrected chi connectivity index (χ2v) is 7.73. The van der Waals surface area contributed by atoms with Crippen LogP contribution in [-0.2, 0) is 17.6 Å². The minimum Gasteiger partial charge on any atom is -0.493 e. The Kier molecular flexibility index (Phi) is 7.03. The van der Waals surface area contributed by atoms with Gasteiger partial charge in [-0.25, -0.2) is 4.79 Å². The first kappa shape index (κ1) is 22.8. The molecule has 4 aromatic rings. The Morgan fingerprint density at radius 1 is 1.15 bits per heavy atom. The first-order valence-corrected chi connectivity index (χ1v) is 10.8. The molecule has 7 heteroatoms. The number of aromatic amines is 1. The highest BCUT2D eigenvalue weighted by Gasteiger charge is 2.26. The number of aromatic nitrogens is 2. The first-order chi connectivity index (χ1) is 16.6. The second kappa shape index (κ2) is 10.5. The number of H-pyrrole nitrogens is 1. The molecule has 1 unspecified atom stereocenters. The summed E-state index contributed by atoms with van der Waals surface area (Å²) in [6, 6.07) is 15.5. The van der Waals surface area contributed by atoms with Gasteiger partial charge in [-0.2, -0.15) is 0 Å². The van der Waals surface area contributed by atoms with Crippen molar-refractivity contribution in [1.82, 2.24) is 15.3 Å². The van der Waals surface area contributed by atoms with E-state index in [0.717, 1.165) is 22.0 Å². The number of para-hydroxylation sites is 1. The van der Waals surface area contributed by atoms with E-state index in [-0.39, 0.29) is 12.2 Å². The van der Waals surface area contributed by atoms with Gasteiger partial charge in [-0.05, 0) is 47.9 Å². The summed E-state index contributed by atoms with van der Waals surface area (Å²) in [5, 5.41) is 3.78. The van der Waals surface area contributed by atoms with Gasteiger partial charge in [0.05, 0.1) is 12.7 Å². The van der Waals surface area contributed by atoms with E-state index in [9.17, 15) is 9.59 Å². The van der Waals surface area contributed by atoms with Gasteiger partial charge in [0, 0.05) is 35.9 Å². The number of pyridine rings is 1. The largest absolute Gasteiger partial charge is 0.493 e. The number of benzene rings is 2. The highest BCUT2D eigenvalue weighted by molar-refractivity contribution is 5.97. The Hall–Kier alpha value is -4.39. The number of nitrogens with zero attached hydrogens (tertiary/aromatic N) is 1. The van der Waals surface area contributed by atoms with E-state index in [1.165, 1.54) is 13.3 Å². The molecular weight excluding hydrogens is 430 g/mol. The van der Waals surface area contributed by atoms with Crippen molar-refractivity contribution < 1.29 is 19.1 Å². The van der Waals surface area contributed by atoms with Gasteiger partial charge in [-0.15, -0.1) is 6.58 Å². The molecule has 7 nitrogen and oxygen atoms in total. The third-order valence-corrected chi connectivity index (χ3v) is 5.43. The van der Waals surface area contributed by atoms with Crippen molar-refractivity contribution in [2.24, 2.45) is 0 Å². The number of nitrogens with one attached hydrogen (secondary N) is 2. The highest BCUT2D eigenvalue weighted by Crippen LogP contribution is 2.29. The molecule has 0 saturated carbocycles. The van der Waals surface area contributed by atoms with Crippen LogP contribution in [0.15, 0.2) is 85.8 Å². The summed E-state index contributed by atoms with van der Waals surface area (Å²) in [4.78, 5) is 33.3. The third kappa shape index (κ3) is 5.15. The maximum Gasteiger partial charge on any atom is 0.334 e. The summed E-state index contributed by atoms with van der Waals surface area (Å²) < 4.78 is 11.1. The van der Waals surface area contributed by atoms with E-state index in [1.807, 2.05) is 36.5 Å². The lowest BCUT2D eigenvalue weighted by molar-refractivity contribution is -0.136. The molecule has 0 bridgehead atoms. The smallest absolute Gasteiger partial charge is 0.334 e. The van der Waals surface area contributed by atoms with Crippen molar-refractivity contribution in [2.45, 2.75) is 18.9 Å².